The van der Waals surface area contributed by atoms with Gasteiger partial charge in [-0.05, 0) is 19.3 Å². The number of nitrogens with one attached hydrogen (secondary N) is 2. The van der Waals surface area contributed by atoms with Crippen LogP contribution in [-0.4, -0.2) is 34.6 Å². The van der Waals surface area contributed by atoms with Gasteiger partial charge in [0.1, 0.15) is 5.92 Å². The monoisotopic (exact) mass is 281 g/mol. The Morgan fingerprint density at radius 1 is 1.53 bits per heavy atom. The summed E-state index contributed by atoms with van der Waals surface area (Å²) in [5, 5.41) is 15.9. The Labute approximate surface area is 114 Å². The molecule has 6 nitrogen and oxygen atoms in total. The van der Waals surface area contributed by atoms with Crippen molar-refractivity contribution in [3.05, 3.63) is 10.6 Å². The van der Waals surface area contributed by atoms with Crippen LogP contribution in [0.2, 0.25) is 0 Å². The first-order valence-corrected chi connectivity index (χ1v) is 7.21. The SMILES string of the molecule is O=C1CC(Nc2nc3c(s2)CCCC3C(=O)O)CN1. The van der Waals surface area contributed by atoms with E-state index in [0.717, 1.165) is 22.9 Å². The van der Waals surface area contributed by atoms with Crippen molar-refractivity contribution < 1.29 is 14.7 Å². The van der Waals surface area contributed by atoms with Crippen LogP contribution in [-0.2, 0) is 16.0 Å². The third kappa shape index (κ3) is 2.42. The van der Waals surface area contributed by atoms with E-state index in [0.29, 0.717) is 25.1 Å². The fraction of sp³-hybridized carbons (Fsp3) is 0.583. The number of nitrogens with zero attached hydrogens (tertiary/aromatic N) is 1. The van der Waals surface area contributed by atoms with E-state index in [-0.39, 0.29) is 11.9 Å². The van der Waals surface area contributed by atoms with Gasteiger partial charge < -0.3 is 15.7 Å². The molecule has 2 heterocycles. The third-order valence-electron chi connectivity index (χ3n) is 3.56. The lowest BCUT2D eigenvalue weighted by Gasteiger charge is -2.16. The normalized spacial score (nSPS) is 25.8. The first-order chi connectivity index (χ1) is 9.13. The van der Waals surface area contributed by atoms with E-state index in [4.69, 9.17) is 0 Å². The number of aliphatic carboxylic acids is 1. The Kier molecular flexibility index (Phi) is 3.14. The molecule has 1 amide bonds. The number of carboxylic acids is 1. The number of hydrogen-bond donors (Lipinski definition) is 3. The highest BCUT2D eigenvalue weighted by molar-refractivity contribution is 7.15. The van der Waals surface area contributed by atoms with Gasteiger partial charge in [-0.2, -0.15) is 0 Å². The maximum absolute atomic E-state index is 11.2. The van der Waals surface area contributed by atoms with Gasteiger partial charge in [0.15, 0.2) is 5.13 Å². The lowest BCUT2D eigenvalue weighted by molar-refractivity contribution is -0.139. The average Bonchev–Trinajstić information content (AvgIpc) is 2.94. The van der Waals surface area contributed by atoms with E-state index in [1.807, 2.05) is 0 Å². The van der Waals surface area contributed by atoms with Gasteiger partial charge in [0.25, 0.3) is 0 Å². The lowest BCUT2D eigenvalue weighted by atomic mass is 9.91. The molecule has 1 fully saturated rings. The molecular formula is C12H15N3O3S. The molecule has 102 valence electrons. The van der Waals surface area contributed by atoms with Crippen LogP contribution >= 0.6 is 11.3 Å². The number of carbonyl (C=O) groups excluding carboxylic acids is 1. The van der Waals surface area contributed by atoms with Crippen molar-refractivity contribution in [3.63, 3.8) is 0 Å². The number of carboxylic acid groups (broad SMARTS) is 1. The number of carbonyl (C=O) groups is 2. The van der Waals surface area contributed by atoms with Crippen LogP contribution in [0.4, 0.5) is 5.13 Å². The number of amides is 1. The summed E-state index contributed by atoms with van der Waals surface area (Å²) in [5.74, 6) is -1.23. The van der Waals surface area contributed by atoms with Crippen LogP contribution in [0.1, 0.15) is 35.8 Å². The topological polar surface area (TPSA) is 91.3 Å². The summed E-state index contributed by atoms with van der Waals surface area (Å²) >= 11 is 1.52. The molecule has 1 aliphatic heterocycles. The summed E-state index contributed by atoms with van der Waals surface area (Å²) in [6, 6.07) is 0.0587. The number of rotatable bonds is 3. The van der Waals surface area contributed by atoms with Gasteiger partial charge in [0, 0.05) is 17.8 Å². The first kappa shape index (κ1) is 12.4. The molecule has 7 heteroatoms. The molecule has 0 bridgehead atoms. The zero-order valence-electron chi connectivity index (χ0n) is 10.3. The molecule has 2 unspecified atom stereocenters. The van der Waals surface area contributed by atoms with Gasteiger partial charge >= 0.3 is 5.97 Å². The van der Waals surface area contributed by atoms with Crippen LogP contribution in [0.5, 0.6) is 0 Å². The first-order valence-electron chi connectivity index (χ1n) is 6.39. The Balaban J connectivity index is 1.77. The Bertz CT molecular complexity index is 528. The van der Waals surface area contributed by atoms with E-state index in [1.54, 1.807) is 0 Å². The number of aromatic nitrogens is 1. The Hall–Kier alpha value is -1.63. The molecule has 2 atom stereocenters. The van der Waals surface area contributed by atoms with E-state index < -0.39 is 11.9 Å². The Morgan fingerprint density at radius 3 is 3.05 bits per heavy atom. The molecule has 3 rings (SSSR count). The maximum atomic E-state index is 11.2. The Morgan fingerprint density at radius 2 is 2.37 bits per heavy atom. The summed E-state index contributed by atoms with van der Waals surface area (Å²) in [6.07, 6.45) is 2.91. The molecule has 1 aromatic rings. The number of fused-ring (bicyclic) bond motifs is 1. The molecule has 0 aromatic carbocycles. The zero-order chi connectivity index (χ0) is 13.4. The van der Waals surface area contributed by atoms with Crippen LogP contribution in [0.3, 0.4) is 0 Å². The van der Waals surface area contributed by atoms with Crippen LogP contribution in [0, 0.1) is 0 Å². The largest absolute Gasteiger partial charge is 0.481 e. The summed E-state index contributed by atoms with van der Waals surface area (Å²) < 4.78 is 0. The fourth-order valence-corrected chi connectivity index (χ4v) is 3.74. The van der Waals surface area contributed by atoms with Crippen molar-refractivity contribution in [3.8, 4) is 0 Å². The van der Waals surface area contributed by atoms with Gasteiger partial charge in [-0.3, -0.25) is 9.59 Å². The molecule has 0 spiro atoms. The van der Waals surface area contributed by atoms with Gasteiger partial charge in [-0.25, -0.2) is 4.98 Å². The second-order valence-electron chi connectivity index (χ2n) is 4.96. The molecule has 1 aromatic heterocycles. The van der Waals surface area contributed by atoms with Gasteiger partial charge in [0.05, 0.1) is 11.7 Å². The van der Waals surface area contributed by atoms with Crippen molar-refractivity contribution in [2.45, 2.75) is 37.6 Å². The van der Waals surface area contributed by atoms with Crippen molar-refractivity contribution in [2.24, 2.45) is 0 Å². The minimum atomic E-state index is -0.796. The highest BCUT2D eigenvalue weighted by Gasteiger charge is 2.31. The smallest absolute Gasteiger partial charge is 0.312 e. The quantitative estimate of drug-likeness (QED) is 0.767. The summed E-state index contributed by atoms with van der Waals surface area (Å²) in [5.41, 5.74) is 0.712. The second-order valence-corrected chi connectivity index (χ2v) is 6.04. The van der Waals surface area contributed by atoms with Crippen molar-refractivity contribution >= 4 is 28.3 Å². The zero-order valence-corrected chi connectivity index (χ0v) is 11.1. The minimum Gasteiger partial charge on any atom is -0.481 e. The van der Waals surface area contributed by atoms with Crippen LogP contribution < -0.4 is 10.6 Å². The van der Waals surface area contributed by atoms with E-state index in [2.05, 4.69) is 15.6 Å². The summed E-state index contributed by atoms with van der Waals surface area (Å²) in [7, 11) is 0. The predicted molar refractivity (Wildman–Crippen MR) is 70.5 cm³/mol. The van der Waals surface area contributed by atoms with Crippen molar-refractivity contribution in [1.29, 1.82) is 0 Å². The summed E-state index contributed by atoms with van der Waals surface area (Å²) in [6.45, 7) is 0.603. The minimum absolute atomic E-state index is 0.0437. The number of anilines is 1. The molecule has 3 N–H and O–H groups in total. The van der Waals surface area contributed by atoms with E-state index in [1.165, 1.54) is 11.3 Å². The van der Waals surface area contributed by atoms with E-state index >= 15 is 0 Å². The predicted octanol–water partition coefficient (Wildman–Crippen LogP) is 0.948. The maximum Gasteiger partial charge on any atom is 0.312 e. The van der Waals surface area contributed by atoms with Gasteiger partial charge in [-0.1, -0.05) is 0 Å². The molecule has 0 saturated carbocycles. The number of thiazole rings is 1. The van der Waals surface area contributed by atoms with Gasteiger partial charge in [0.2, 0.25) is 5.91 Å². The lowest BCUT2D eigenvalue weighted by Crippen LogP contribution is -2.22. The van der Waals surface area contributed by atoms with Crippen molar-refractivity contribution in [2.75, 3.05) is 11.9 Å². The molecular weight excluding hydrogens is 266 g/mol. The second kappa shape index (κ2) is 4.80. The average molecular weight is 281 g/mol. The number of aryl methyl sites for hydroxylation is 1. The van der Waals surface area contributed by atoms with Gasteiger partial charge in [-0.15, -0.1) is 11.3 Å². The molecule has 0 radical (unpaired) electrons. The third-order valence-corrected chi connectivity index (χ3v) is 4.62. The number of hydrogen-bond acceptors (Lipinski definition) is 5. The molecule has 2 aliphatic rings. The van der Waals surface area contributed by atoms with Crippen LogP contribution in [0.15, 0.2) is 0 Å². The standard InChI is InChI=1S/C12H15N3O3S/c16-9-4-6(5-13-9)14-12-15-10-7(11(17)18)2-1-3-8(10)19-12/h6-7H,1-5H2,(H,13,16)(H,14,15)(H,17,18). The highest BCUT2D eigenvalue weighted by Crippen LogP contribution is 2.37. The van der Waals surface area contributed by atoms with Crippen LogP contribution in [0.25, 0.3) is 0 Å². The molecule has 1 saturated heterocycles. The molecule has 19 heavy (non-hydrogen) atoms. The fourth-order valence-electron chi connectivity index (χ4n) is 2.60. The molecule has 1 aliphatic carbocycles. The van der Waals surface area contributed by atoms with E-state index in [9.17, 15) is 14.7 Å². The highest BCUT2D eigenvalue weighted by atomic mass is 32.1. The summed E-state index contributed by atoms with van der Waals surface area (Å²) in [4.78, 5) is 27.8. The van der Waals surface area contributed by atoms with Crippen molar-refractivity contribution in [1.82, 2.24) is 10.3 Å².